The van der Waals surface area contributed by atoms with Gasteiger partial charge in [0.2, 0.25) is 0 Å². The van der Waals surface area contributed by atoms with E-state index in [1.54, 1.807) is 18.3 Å². The van der Waals surface area contributed by atoms with Gasteiger partial charge in [0, 0.05) is 24.9 Å². The molecular formula is C15H14F3N3O. The second kappa shape index (κ2) is 6.93. The average molecular weight is 309 g/mol. The van der Waals surface area contributed by atoms with Gasteiger partial charge in [-0.2, -0.15) is 13.2 Å². The van der Waals surface area contributed by atoms with Crippen LogP contribution in [0, 0.1) is 0 Å². The van der Waals surface area contributed by atoms with Gasteiger partial charge in [-0.3, -0.25) is 4.98 Å². The standard InChI is InChI=1S/C15H14F3N3O/c16-15(17,18)12-6-1-2-7-13(12)21-14(22)20-10-8-11-5-3-4-9-19-11/h1-7,9H,8,10H2,(H2,20,21,22). The van der Waals surface area contributed by atoms with Crippen molar-refractivity contribution in [1.29, 1.82) is 0 Å². The molecule has 4 nitrogen and oxygen atoms in total. The molecule has 1 heterocycles. The molecule has 0 bridgehead atoms. The van der Waals surface area contributed by atoms with E-state index >= 15 is 0 Å². The zero-order valence-electron chi connectivity index (χ0n) is 11.5. The minimum Gasteiger partial charge on any atom is -0.337 e. The number of rotatable bonds is 4. The Morgan fingerprint density at radius 3 is 2.50 bits per heavy atom. The summed E-state index contributed by atoms with van der Waals surface area (Å²) in [6, 6.07) is 9.54. The summed E-state index contributed by atoms with van der Waals surface area (Å²) >= 11 is 0. The first-order valence-electron chi connectivity index (χ1n) is 6.58. The minimum absolute atomic E-state index is 0.273. The number of hydrogen-bond acceptors (Lipinski definition) is 2. The van der Waals surface area contributed by atoms with Crippen LogP contribution in [0.2, 0.25) is 0 Å². The molecule has 7 heteroatoms. The number of carbonyl (C=O) groups excluding carboxylic acids is 1. The smallest absolute Gasteiger partial charge is 0.337 e. The SMILES string of the molecule is O=C(NCCc1ccccn1)Nc1ccccc1C(F)(F)F. The van der Waals surface area contributed by atoms with Gasteiger partial charge in [-0.25, -0.2) is 4.79 Å². The van der Waals surface area contributed by atoms with Gasteiger partial charge in [-0.15, -0.1) is 0 Å². The van der Waals surface area contributed by atoms with Gasteiger partial charge in [0.25, 0.3) is 0 Å². The fraction of sp³-hybridized carbons (Fsp3) is 0.200. The molecule has 0 saturated heterocycles. The molecule has 0 aliphatic carbocycles. The zero-order chi connectivity index (χ0) is 16.0. The Balaban J connectivity index is 1.90. The first-order valence-corrected chi connectivity index (χ1v) is 6.58. The lowest BCUT2D eigenvalue weighted by atomic mass is 10.1. The van der Waals surface area contributed by atoms with Crippen molar-refractivity contribution >= 4 is 11.7 Å². The Bertz CT molecular complexity index is 629. The highest BCUT2D eigenvalue weighted by Crippen LogP contribution is 2.34. The van der Waals surface area contributed by atoms with Crippen molar-refractivity contribution in [3.8, 4) is 0 Å². The van der Waals surface area contributed by atoms with Crippen LogP contribution in [0.1, 0.15) is 11.3 Å². The molecule has 0 radical (unpaired) electrons. The van der Waals surface area contributed by atoms with E-state index in [9.17, 15) is 18.0 Å². The minimum atomic E-state index is -4.52. The number of para-hydroxylation sites is 1. The Labute approximate surface area is 125 Å². The van der Waals surface area contributed by atoms with E-state index < -0.39 is 17.8 Å². The van der Waals surface area contributed by atoms with Crippen molar-refractivity contribution < 1.29 is 18.0 Å². The van der Waals surface area contributed by atoms with Crippen LogP contribution in [0.3, 0.4) is 0 Å². The van der Waals surface area contributed by atoms with Crippen LogP contribution in [-0.2, 0) is 12.6 Å². The van der Waals surface area contributed by atoms with E-state index in [1.165, 1.54) is 18.2 Å². The van der Waals surface area contributed by atoms with Crippen LogP contribution < -0.4 is 10.6 Å². The van der Waals surface area contributed by atoms with Crippen molar-refractivity contribution in [3.63, 3.8) is 0 Å². The number of amides is 2. The van der Waals surface area contributed by atoms with Gasteiger partial charge in [0.05, 0.1) is 11.3 Å². The summed E-state index contributed by atoms with van der Waals surface area (Å²) in [5.74, 6) is 0. The average Bonchev–Trinajstić information content (AvgIpc) is 2.48. The molecule has 0 fully saturated rings. The normalized spacial score (nSPS) is 11.0. The summed E-state index contributed by atoms with van der Waals surface area (Å²) in [5, 5.41) is 4.71. The lowest BCUT2D eigenvalue weighted by molar-refractivity contribution is -0.136. The van der Waals surface area contributed by atoms with Gasteiger partial charge in [0.15, 0.2) is 0 Å². The number of pyridine rings is 1. The fourth-order valence-electron chi connectivity index (χ4n) is 1.86. The molecular weight excluding hydrogens is 295 g/mol. The fourth-order valence-corrected chi connectivity index (χ4v) is 1.86. The predicted molar refractivity (Wildman–Crippen MR) is 76.4 cm³/mol. The highest BCUT2D eigenvalue weighted by Gasteiger charge is 2.33. The maximum atomic E-state index is 12.8. The van der Waals surface area contributed by atoms with Crippen LogP contribution in [0.5, 0.6) is 0 Å². The number of benzene rings is 1. The van der Waals surface area contributed by atoms with Crippen LogP contribution in [0.4, 0.5) is 23.7 Å². The highest BCUT2D eigenvalue weighted by atomic mass is 19.4. The van der Waals surface area contributed by atoms with Crippen LogP contribution in [0.25, 0.3) is 0 Å². The van der Waals surface area contributed by atoms with Gasteiger partial charge in [-0.1, -0.05) is 18.2 Å². The van der Waals surface area contributed by atoms with E-state index in [2.05, 4.69) is 15.6 Å². The van der Waals surface area contributed by atoms with Crippen molar-refractivity contribution in [1.82, 2.24) is 10.3 Å². The molecule has 22 heavy (non-hydrogen) atoms. The zero-order valence-corrected chi connectivity index (χ0v) is 11.5. The Kier molecular flexibility index (Phi) is 4.98. The summed E-state index contributed by atoms with van der Waals surface area (Å²) in [6.45, 7) is 0.275. The van der Waals surface area contributed by atoms with E-state index in [4.69, 9.17) is 0 Å². The van der Waals surface area contributed by atoms with E-state index in [0.29, 0.717) is 6.42 Å². The van der Waals surface area contributed by atoms with Gasteiger partial charge >= 0.3 is 12.2 Å². The van der Waals surface area contributed by atoms with Crippen LogP contribution >= 0.6 is 0 Å². The van der Waals surface area contributed by atoms with Crippen LogP contribution in [-0.4, -0.2) is 17.6 Å². The number of anilines is 1. The molecule has 2 rings (SSSR count). The molecule has 0 aliphatic rings. The highest BCUT2D eigenvalue weighted by molar-refractivity contribution is 5.90. The Hall–Kier alpha value is -2.57. The van der Waals surface area contributed by atoms with Gasteiger partial charge in [-0.05, 0) is 24.3 Å². The van der Waals surface area contributed by atoms with Crippen LogP contribution in [0.15, 0.2) is 48.7 Å². The molecule has 1 aromatic heterocycles. The summed E-state index contributed by atoms with van der Waals surface area (Å²) in [4.78, 5) is 15.8. The quantitative estimate of drug-likeness (QED) is 0.908. The van der Waals surface area contributed by atoms with Gasteiger partial charge < -0.3 is 10.6 Å². The van der Waals surface area contributed by atoms with Crippen molar-refractivity contribution in [2.45, 2.75) is 12.6 Å². The predicted octanol–water partition coefficient (Wildman–Crippen LogP) is 3.46. The number of hydrogen-bond donors (Lipinski definition) is 2. The maximum Gasteiger partial charge on any atom is 0.418 e. The number of aromatic nitrogens is 1. The number of alkyl halides is 3. The molecule has 0 atom stereocenters. The molecule has 0 unspecified atom stereocenters. The molecule has 0 aliphatic heterocycles. The number of urea groups is 1. The first kappa shape index (κ1) is 15.8. The molecule has 2 N–H and O–H groups in total. The molecule has 0 spiro atoms. The van der Waals surface area contributed by atoms with E-state index in [1.807, 2.05) is 6.07 Å². The van der Waals surface area contributed by atoms with Crippen molar-refractivity contribution in [2.24, 2.45) is 0 Å². The third-order valence-electron chi connectivity index (χ3n) is 2.87. The van der Waals surface area contributed by atoms with Gasteiger partial charge in [0.1, 0.15) is 0 Å². The largest absolute Gasteiger partial charge is 0.418 e. The monoisotopic (exact) mass is 309 g/mol. The number of carbonyl (C=O) groups is 1. The molecule has 1 aromatic carbocycles. The number of halogens is 3. The summed E-state index contributed by atoms with van der Waals surface area (Å²) in [7, 11) is 0. The second-order valence-electron chi connectivity index (χ2n) is 4.50. The summed E-state index contributed by atoms with van der Waals surface area (Å²) in [5.41, 5.74) is -0.362. The topological polar surface area (TPSA) is 54.0 Å². The number of nitrogens with one attached hydrogen (secondary N) is 2. The lowest BCUT2D eigenvalue weighted by Gasteiger charge is -2.13. The molecule has 2 amide bonds. The first-order chi connectivity index (χ1) is 10.5. The Morgan fingerprint density at radius 2 is 1.82 bits per heavy atom. The summed E-state index contributed by atoms with van der Waals surface area (Å²) in [6.07, 6.45) is -2.39. The lowest BCUT2D eigenvalue weighted by Crippen LogP contribution is -2.31. The molecule has 116 valence electrons. The second-order valence-corrected chi connectivity index (χ2v) is 4.50. The van der Waals surface area contributed by atoms with Crippen molar-refractivity contribution in [2.75, 3.05) is 11.9 Å². The van der Waals surface area contributed by atoms with Crippen molar-refractivity contribution in [3.05, 3.63) is 59.9 Å². The maximum absolute atomic E-state index is 12.8. The Morgan fingerprint density at radius 1 is 1.09 bits per heavy atom. The third-order valence-corrected chi connectivity index (χ3v) is 2.87. The molecule has 2 aromatic rings. The summed E-state index contributed by atoms with van der Waals surface area (Å²) < 4.78 is 38.4. The van der Waals surface area contributed by atoms with E-state index in [0.717, 1.165) is 11.8 Å². The molecule has 0 saturated carbocycles. The third kappa shape index (κ3) is 4.47. The van der Waals surface area contributed by atoms with E-state index in [-0.39, 0.29) is 12.2 Å². The number of nitrogens with zero attached hydrogens (tertiary/aromatic N) is 1.